The van der Waals surface area contributed by atoms with Crippen LogP contribution in [0.1, 0.15) is 22.8 Å². The maximum Gasteiger partial charge on any atom is 1.00 e. The number of rotatable bonds is 7. The predicted molar refractivity (Wildman–Crippen MR) is 144 cm³/mol. The van der Waals surface area contributed by atoms with Crippen LogP contribution in [0.2, 0.25) is 10.0 Å². The number of fused-ring (bicyclic) bond motifs is 1. The summed E-state index contributed by atoms with van der Waals surface area (Å²) in [5.74, 6) is -1.24. The van der Waals surface area contributed by atoms with Crippen molar-refractivity contribution in [2.24, 2.45) is 10.2 Å². The minimum Gasteiger partial charge on any atom is -0.870 e. The van der Waals surface area contributed by atoms with Gasteiger partial charge in [0.2, 0.25) is 0 Å². The van der Waals surface area contributed by atoms with Crippen molar-refractivity contribution in [1.82, 2.24) is 0 Å². The van der Waals surface area contributed by atoms with Gasteiger partial charge in [0.05, 0.1) is 23.0 Å². The largest absolute Gasteiger partial charge is 1.00 e. The van der Waals surface area contributed by atoms with E-state index >= 15 is 0 Å². The smallest absolute Gasteiger partial charge is 0.870 e. The topological polar surface area (TPSA) is 140 Å². The quantitative estimate of drug-likeness (QED) is 0.189. The van der Waals surface area contributed by atoms with E-state index in [0.717, 1.165) is 6.07 Å². The average Bonchev–Trinajstić information content (AvgIpc) is 2.86. The fourth-order valence-corrected chi connectivity index (χ4v) is 4.78. The summed E-state index contributed by atoms with van der Waals surface area (Å²) >= 11 is 12.3. The van der Waals surface area contributed by atoms with Crippen LogP contribution in [-0.4, -0.2) is 25.5 Å². The number of nitrogens with one attached hydrogen (secondary N) is 1. The van der Waals surface area contributed by atoms with Crippen molar-refractivity contribution in [2.75, 3.05) is 11.9 Å². The van der Waals surface area contributed by atoms with Crippen LogP contribution in [0.15, 0.2) is 75.8 Å². The zero-order chi connectivity index (χ0) is 27.6. The maximum atomic E-state index is 13.5. The van der Waals surface area contributed by atoms with Crippen LogP contribution in [0.5, 0.6) is 11.5 Å². The normalized spacial score (nSPS) is 11.4. The minimum absolute atomic E-state index is 0. The van der Waals surface area contributed by atoms with Crippen LogP contribution in [0, 0.1) is 6.92 Å². The third kappa shape index (κ3) is 6.72. The number of nitrogens with zero attached hydrogens (tertiary/aromatic N) is 2. The van der Waals surface area contributed by atoms with Gasteiger partial charge in [-0.25, -0.2) is 0 Å². The number of anilines is 1. The van der Waals surface area contributed by atoms with Crippen molar-refractivity contribution in [1.29, 1.82) is 0 Å². The second-order valence-electron chi connectivity index (χ2n) is 8.07. The minimum atomic E-state index is -4.68. The molecule has 196 valence electrons. The third-order valence-electron chi connectivity index (χ3n) is 5.50. The standard InChI is InChI=1S/C26H21Cl2N3O6S.Na/c1-3-37-25-18(27)9-6-10-20(25)29-26(33)17-12-15-7-4-5-8-16(15)23(24(17)32)31-30-21-13-19(28)14(2)11-22(21)38(34,35)36;/h4-13,32H,3H2,1-2H3,(H,29,33)(H,34,35,36);/q;+1/p-1. The molecule has 0 saturated carbocycles. The van der Waals surface area contributed by atoms with E-state index in [1.165, 1.54) is 12.1 Å². The summed E-state index contributed by atoms with van der Waals surface area (Å²) in [5.41, 5.74) is -0.0624. The molecule has 0 unspecified atom stereocenters. The number of aryl methyl sites for hydroxylation is 1. The van der Waals surface area contributed by atoms with E-state index in [0.29, 0.717) is 22.9 Å². The summed E-state index contributed by atoms with van der Waals surface area (Å²) < 4.78 is 39.0. The second-order valence-corrected chi connectivity index (χ2v) is 10.3. The molecule has 0 aliphatic heterocycles. The Morgan fingerprint density at radius 2 is 1.77 bits per heavy atom. The fourth-order valence-electron chi connectivity index (χ4n) is 3.70. The van der Waals surface area contributed by atoms with Gasteiger partial charge in [-0.2, -0.15) is 13.5 Å². The molecule has 4 aromatic carbocycles. The van der Waals surface area contributed by atoms with Crippen LogP contribution >= 0.6 is 23.2 Å². The molecule has 0 atom stereocenters. The Bertz CT molecular complexity index is 1710. The number of hydrogen-bond acceptors (Lipinski definition) is 7. The maximum absolute atomic E-state index is 13.5. The van der Waals surface area contributed by atoms with Gasteiger partial charge < -0.3 is 15.2 Å². The first-order valence-electron chi connectivity index (χ1n) is 11.2. The van der Waals surface area contributed by atoms with Crippen molar-refractivity contribution in [3.8, 4) is 11.5 Å². The Balaban J connectivity index is 0.00000420. The van der Waals surface area contributed by atoms with E-state index in [2.05, 4.69) is 15.5 Å². The molecule has 0 fully saturated rings. The van der Waals surface area contributed by atoms with Crippen LogP contribution in [0.3, 0.4) is 0 Å². The Labute approximate surface area is 256 Å². The van der Waals surface area contributed by atoms with Crippen LogP contribution in [0.25, 0.3) is 10.8 Å². The van der Waals surface area contributed by atoms with E-state index < -0.39 is 26.7 Å². The molecule has 39 heavy (non-hydrogen) atoms. The van der Waals surface area contributed by atoms with Crippen molar-refractivity contribution in [2.45, 2.75) is 18.7 Å². The Morgan fingerprint density at radius 1 is 1.05 bits per heavy atom. The molecule has 2 N–H and O–H groups in total. The van der Waals surface area contributed by atoms with Gasteiger partial charge in [0.1, 0.15) is 10.6 Å². The number of para-hydroxylation sites is 1. The molecule has 0 aliphatic rings. The molecular formula is C26H20Cl2N3NaO6S. The average molecular weight is 596 g/mol. The summed E-state index contributed by atoms with van der Waals surface area (Å²) in [6.07, 6.45) is 0. The summed E-state index contributed by atoms with van der Waals surface area (Å²) in [6, 6.07) is 15.3. The monoisotopic (exact) mass is 595 g/mol. The first kappa shape index (κ1) is 30.8. The van der Waals surface area contributed by atoms with Crippen molar-refractivity contribution in [3.63, 3.8) is 0 Å². The Hall–Kier alpha value is -2.70. The van der Waals surface area contributed by atoms with E-state index in [-0.39, 0.29) is 68.0 Å². The second kappa shape index (κ2) is 12.6. The van der Waals surface area contributed by atoms with Crippen LogP contribution < -0.4 is 44.7 Å². The van der Waals surface area contributed by atoms with Crippen molar-refractivity contribution >= 4 is 67.1 Å². The predicted octanol–water partition coefficient (Wildman–Crippen LogP) is 3.85. The number of amides is 1. The van der Waals surface area contributed by atoms with Crippen LogP contribution in [-0.2, 0) is 10.1 Å². The summed E-state index contributed by atoms with van der Waals surface area (Å²) in [7, 11) is -4.68. The van der Waals surface area contributed by atoms with E-state index in [4.69, 9.17) is 27.9 Å². The number of hydrogen-bond donors (Lipinski definition) is 2. The molecule has 9 nitrogen and oxygen atoms in total. The number of ether oxygens (including phenoxy) is 1. The van der Waals surface area contributed by atoms with Gasteiger partial charge in [-0.15, -0.1) is 5.11 Å². The zero-order valence-electron chi connectivity index (χ0n) is 21.0. The van der Waals surface area contributed by atoms with Gasteiger partial charge in [0, 0.05) is 16.0 Å². The van der Waals surface area contributed by atoms with Gasteiger partial charge in [0.15, 0.2) is 5.75 Å². The number of halogens is 2. The summed E-state index contributed by atoms with van der Waals surface area (Å²) in [4.78, 5) is 12.7. The van der Waals surface area contributed by atoms with Gasteiger partial charge in [-0.1, -0.05) is 59.3 Å². The van der Waals surface area contributed by atoms with Gasteiger partial charge >= 0.3 is 29.6 Å². The SMILES string of the molecule is CCOc1c(Cl)cccc1NC(=O)c1cc2ccccc2c(N=Nc2cc(Cl)c(C)cc2S(=O)(=O)O)c1[O-].[Na+]. The number of benzene rings is 4. The molecule has 0 saturated heterocycles. The molecule has 0 radical (unpaired) electrons. The Kier molecular flexibility index (Phi) is 10.0. The van der Waals surface area contributed by atoms with E-state index in [1.54, 1.807) is 56.3 Å². The molecule has 0 bridgehead atoms. The molecule has 13 heteroatoms. The molecule has 1 amide bonds. The van der Waals surface area contributed by atoms with Crippen molar-refractivity contribution in [3.05, 3.63) is 81.8 Å². The van der Waals surface area contributed by atoms with Gasteiger partial charge in [-0.3, -0.25) is 9.35 Å². The molecule has 0 heterocycles. The number of carbonyl (C=O) groups is 1. The molecular weight excluding hydrogens is 576 g/mol. The van der Waals surface area contributed by atoms with E-state index in [1.807, 2.05) is 0 Å². The zero-order valence-corrected chi connectivity index (χ0v) is 25.4. The summed E-state index contributed by atoms with van der Waals surface area (Å²) in [6.45, 7) is 3.62. The van der Waals surface area contributed by atoms with Gasteiger partial charge in [0.25, 0.3) is 16.0 Å². The molecule has 0 aromatic heterocycles. The number of azo groups is 1. The molecule has 4 aromatic rings. The first-order valence-corrected chi connectivity index (χ1v) is 13.4. The Morgan fingerprint density at radius 3 is 2.46 bits per heavy atom. The molecule has 0 aliphatic carbocycles. The van der Waals surface area contributed by atoms with Crippen molar-refractivity contribution < 1.29 is 57.2 Å². The fraction of sp³-hybridized carbons (Fsp3) is 0.115. The summed E-state index contributed by atoms with van der Waals surface area (Å²) in [5, 5.41) is 25.4. The van der Waals surface area contributed by atoms with E-state index in [9.17, 15) is 22.9 Å². The molecule has 0 spiro atoms. The first-order chi connectivity index (χ1) is 18.0. The third-order valence-corrected chi connectivity index (χ3v) is 7.09. The number of carbonyl (C=O) groups excluding carboxylic acids is 1. The van der Waals surface area contributed by atoms with Gasteiger partial charge in [-0.05, 0) is 55.1 Å². The molecule has 4 rings (SSSR count). The van der Waals surface area contributed by atoms with Crippen LogP contribution in [0.4, 0.5) is 17.1 Å².